The van der Waals surface area contributed by atoms with Crippen LogP contribution in [0.5, 0.6) is 0 Å². The average Bonchev–Trinajstić information content (AvgIpc) is 3.21. The number of carbonyl (C=O) groups is 4. The third-order valence-electron chi connectivity index (χ3n) is 4.17. The summed E-state index contributed by atoms with van der Waals surface area (Å²) in [6, 6.07) is 8.01. The van der Waals surface area contributed by atoms with Crippen molar-refractivity contribution in [1.29, 1.82) is 0 Å². The van der Waals surface area contributed by atoms with Crippen LogP contribution < -0.4 is 0 Å². The maximum Gasteiger partial charge on any atom is 0.335 e. The van der Waals surface area contributed by atoms with Crippen molar-refractivity contribution in [3.8, 4) is 11.3 Å². The third kappa shape index (κ3) is 4.62. The van der Waals surface area contributed by atoms with Crippen molar-refractivity contribution in [2.45, 2.75) is 26.9 Å². The lowest BCUT2D eigenvalue weighted by Gasteiger charge is -2.13. The highest BCUT2D eigenvalue weighted by atomic mass is 32.2. The van der Waals surface area contributed by atoms with Crippen LogP contribution in [0, 0.1) is 6.92 Å². The van der Waals surface area contributed by atoms with Crippen LogP contribution in [0.15, 0.2) is 39.7 Å². The predicted octanol–water partition coefficient (Wildman–Crippen LogP) is 3.94. The van der Waals surface area contributed by atoms with E-state index in [2.05, 4.69) is 0 Å². The molecule has 0 radical (unpaired) electrons. The lowest BCUT2D eigenvalue weighted by atomic mass is 10.0. The summed E-state index contributed by atoms with van der Waals surface area (Å²) in [5.74, 6) is -1.42. The molecule has 1 fully saturated rings. The highest BCUT2D eigenvalue weighted by molar-refractivity contribution is 8.18. The number of aromatic carboxylic acids is 1. The average molecular weight is 429 g/mol. The topological polar surface area (TPSA) is 114 Å². The van der Waals surface area contributed by atoms with Crippen LogP contribution in [0.25, 0.3) is 17.4 Å². The van der Waals surface area contributed by atoms with Crippen LogP contribution in [0.2, 0.25) is 0 Å². The summed E-state index contributed by atoms with van der Waals surface area (Å²) in [5, 5.41) is 8.52. The maximum absolute atomic E-state index is 12.5. The number of carboxylic acids is 1. The monoisotopic (exact) mass is 429 g/mol. The molecule has 2 amide bonds. The third-order valence-corrected chi connectivity index (χ3v) is 5.07. The van der Waals surface area contributed by atoms with Crippen molar-refractivity contribution < 1.29 is 33.4 Å². The number of aryl methyl sites for hydroxylation is 1. The number of esters is 1. The molecule has 156 valence electrons. The van der Waals surface area contributed by atoms with Gasteiger partial charge in [-0.3, -0.25) is 19.3 Å². The van der Waals surface area contributed by atoms with Crippen molar-refractivity contribution in [2.24, 2.45) is 0 Å². The van der Waals surface area contributed by atoms with E-state index < -0.39 is 29.6 Å². The number of hydrogen-bond donors (Lipinski definition) is 1. The zero-order valence-corrected chi connectivity index (χ0v) is 17.3. The first kappa shape index (κ1) is 21.4. The first-order valence-corrected chi connectivity index (χ1v) is 9.86. The molecule has 0 saturated carbocycles. The van der Waals surface area contributed by atoms with E-state index in [-0.39, 0.29) is 16.6 Å². The summed E-state index contributed by atoms with van der Waals surface area (Å²) >= 11 is 0.716. The second-order valence-electron chi connectivity index (χ2n) is 6.84. The fourth-order valence-corrected chi connectivity index (χ4v) is 3.66. The normalized spacial score (nSPS) is 15.3. The Kier molecular flexibility index (Phi) is 6.12. The molecule has 1 saturated heterocycles. The Labute approximate surface area is 176 Å². The number of thioether (sulfide) groups is 1. The molecule has 0 bridgehead atoms. The van der Waals surface area contributed by atoms with E-state index in [1.807, 2.05) is 0 Å². The number of benzene rings is 1. The molecule has 1 aromatic carbocycles. The number of rotatable bonds is 6. The molecule has 3 rings (SSSR count). The van der Waals surface area contributed by atoms with Gasteiger partial charge in [0, 0.05) is 11.6 Å². The van der Waals surface area contributed by atoms with Gasteiger partial charge in [-0.05, 0) is 62.4 Å². The number of nitrogens with zero attached hydrogens (tertiary/aromatic N) is 1. The second-order valence-corrected chi connectivity index (χ2v) is 7.84. The summed E-state index contributed by atoms with van der Waals surface area (Å²) in [5.41, 5.74) is 1.61. The van der Waals surface area contributed by atoms with Gasteiger partial charge in [0.05, 0.1) is 16.6 Å². The van der Waals surface area contributed by atoms with Crippen LogP contribution in [0.3, 0.4) is 0 Å². The molecular formula is C21H19NO7S. The Bertz CT molecular complexity index is 1070. The number of carboxylic acid groups (broad SMARTS) is 1. The SMILES string of the molecule is Cc1cc(C(=O)O)ccc1-c1ccc(/C=C2\SC(=O)N(CC(=O)OC(C)C)C2=O)o1. The minimum absolute atomic E-state index is 0.135. The summed E-state index contributed by atoms with van der Waals surface area (Å²) in [4.78, 5) is 48.4. The Morgan fingerprint density at radius 3 is 2.60 bits per heavy atom. The maximum atomic E-state index is 12.5. The van der Waals surface area contributed by atoms with Gasteiger partial charge in [-0.15, -0.1) is 0 Å². The van der Waals surface area contributed by atoms with E-state index in [1.165, 1.54) is 12.1 Å². The molecule has 0 aliphatic carbocycles. The molecule has 30 heavy (non-hydrogen) atoms. The molecule has 9 heteroatoms. The minimum Gasteiger partial charge on any atom is -0.478 e. The Hall–Kier alpha value is -3.33. The van der Waals surface area contributed by atoms with Crippen molar-refractivity contribution in [1.82, 2.24) is 4.90 Å². The number of ether oxygens (including phenoxy) is 1. The Morgan fingerprint density at radius 2 is 1.97 bits per heavy atom. The van der Waals surface area contributed by atoms with Crippen LogP contribution in [-0.2, 0) is 14.3 Å². The van der Waals surface area contributed by atoms with E-state index in [0.29, 0.717) is 28.8 Å². The summed E-state index contributed by atoms with van der Waals surface area (Å²) in [7, 11) is 0. The number of amides is 2. The van der Waals surface area contributed by atoms with E-state index in [9.17, 15) is 19.2 Å². The quantitative estimate of drug-likeness (QED) is 0.542. The summed E-state index contributed by atoms with van der Waals surface area (Å²) < 4.78 is 10.7. The van der Waals surface area contributed by atoms with Crippen molar-refractivity contribution >= 4 is 40.9 Å². The molecule has 1 aliphatic rings. The van der Waals surface area contributed by atoms with Gasteiger partial charge in [-0.1, -0.05) is 6.07 Å². The Morgan fingerprint density at radius 1 is 1.23 bits per heavy atom. The van der Waals surface area contributed by atoms with Gasteiger partial charge < -0.3 is 14.3 Å². The second kappa shape index (κ2) is 8.58. The van der Waals surface area contributed by atoms with Gasteiger partial charge in [-0.25, -0.2) is 4.79 Å². The minimum atomic E-state index is -1.02. The fraction of sp³-hybridized carbons (Fsp3) is 0.238. The molecule has 1 aliphatic heterocycles. The number of hydrogen-bond acceptors (Lipinski definition) is 7. The zero-order chi connectivity index (χ0) is 22.0. The molecule has 1 N–H and O–H groups in total. The molecule has 0 atom stereocenters. The van der Waals surface area contributed by atoms with E-state index >= 15 is 0 Å². The fourth-order valence-electron chi connectivity index (χ4n) is 2.84. The van der Waals surface area contributed by atoms with Gasteiger partial charge in [0.2, 0.25) is 0 Å². The lowest BCUT2D eigenvalue weighted by molar-refractivity contribution is -0.149. The number of imide groups is 1. The summed E-state index contributed by atoms with van der Waals surface area (Å²) in [6.07, 6.45) is 1.09. The summed E-state index contributed by atoms with van der Waals surface area (Å²) in [6.45, 7) is 4.68. The number of carbonyl (C=O) groups excluding carboxylic acids is 3. The van der Waals surface area contributed by atoms with Gasteiger partial charge >= 0.3 is 11.9 Å². The van der Waals surface area contributed by atoms with E-state index in [0.717, 1.165) is 10.5 Å². The van der Waals surface area contributed by atoms with Crippen molar-refractivity contribution in [3.63, 3.8) is 0 Å². The van der Waals surface area contributed by atoms with Gasteiger partial charge in [0.15, 0.2) is 0 Å². The molecule has 1 aromatic heterocycles. The van der Waals surface area contributed by atoms with Crippen molar-refractivity contribution in [2.75, 3.05) is 6.54 Å². The first-order valence-electron chi connectivity index (χ1n) is 9.04. The van der Waals surface area contributed by atoms with Crippen molar-refractivity contribution in [3.05, 3.63) is 52.1 Å². The molecule has 8 nitrogen and oxygen atoms in total. The Balaban J connectivity index is 1.78. The standard InChI is InChI=1S/C21H19NO7S/c1-11(2)28-18(23)10-22-19(24)17(30-21(22)27)9-14-5-7-16(29-14)15-6-4-13(20(25)26)8-12(15)3/h4-9,11H,10H2,1-3H3,(H,25,26)/b17-9-. The van der Waals surface area contributed by atoms with Crippen LogP contribution in [0.1, 0.15) is 35.5 Å². The highest BCUT2D eigenvalue weighted by Gasteiger charge is 2.37. The van der Waals surface area contributed by atoms with E-state index in [1.54, 1.807) is 45.0 Å². The van der Waals surface area contributed by atoms with Gasteiger partial charge in [0.25, 0.3) is 11.1 Å². The van der Waals surface area contributed by atoms with Crippen LogP contribution >= 0.6 is 11.8 Å². The largest absolute Gasteiger partial charge is 0.478 e. The van der Waals surface area contributed by atoms with Gasteiger partial charge in [-0.2, -0.15) is 0 Å². The molecule has 2 aromatic rings. The van der Waals surface area contributed by atoms with Crippen LogP contribution in [-0.4, -0.2) is 45.7 Å². The van der Waals surface area contributed by atoms with E-state index in [4.69, 9.17) is 14.3 Å². The van der Waals surface area contributed by atoms with Gasteiger partial charge in [0.1, 0.15) is 18.1 Å². The molecule has 0 unspecified atom stereocenters. The molecular weight excluding hydrogens is 410 g/mol. The zero-order valence-electron chi connectivity index (χ0n) is 16.5. The molecule has 0 spiro atoms. The molecule has 2 heterocycles. The predicted molar refractivity (Wildman–Crippen MR) is 110 cm³/mol. The highest BCUT2D eigenvalue weighted by Crippen LogP contribution is 2.34. The number of furan rings is 1. The smallest absolute Gasteiger partial charge is 0.335 e. The lowest BCUT2D eigenvalue weighted by Crippen LogP contribution is -2.35. The first-order chi connectivity index (χ1) is 14.2. The van der Waals surface area contributed by atoms with Crippen LogP contribution in [0.4, 0.5) is 4.79 Å².